The van der Waals surface area contributed by atoms with Gasteiger partial charge in [-0.2, -0.15) is 0 Å². The van der Waals surface area contributed by atoms with Crippen molar-refractivity contribution in [2.24, 2.45) is 0 Å². The molecule has 1 aromatic carbocycles. The van der Waals surface area contributed by atoms with Crippen LogP contribution in [0.25, 0.3) is 0 Å². The van der Waals surface area contributed by atoms with E-state index >= 15 is 0 Å². The van der Waals surface area contributed by atoms with Gasteiger partial charge < -0.3 is 9.47 Å². The molecule has 3 aromatic rings. The Bertz CT molecular complexity index is 788. The number of benzene rings is 1. The lowest BCUT2D eigenvalue weighted by molar-refractivity contribution is -0.132. The van der Waals surface area contributed by atoms with Crippen molar-refractivity contribution in [2.75, 3.05) is 7.05 Å². The molecule has 0 saturated carbocycles. The summed E-state index contributed by atoms with van der Waals surface area (Å²) in [4.78, 5) is 22.6. The van der Waals surface area contributed by atoms with E-state index in [9.17, 15) is 4.79 Å². The fourth-order valence-electron chi connectivity index (χ4n) is 2.61. The largest absolute Gasteiger partial charge is 0.333 e. The van der Waals surface area contributed by atoms with Gasteiger partial charge in [0.05, 0.1) is 12.4 Å². The first kappa shape index (κ1) is 16.2. The molecule has 5 nitrogen and oxygen atoms in total. The number of rotatable bonds is 5. The third-order valence-corrected chi connectivity index (χ3v) is 4.10. The average Bonchev–Trinajstić information content (AvgIpc) is 3.10. The van der Waals surface area contributed by atoms with Crippen LogP contribution >= 0.6 is 11.6 Å². The van der Waals surface area contributed by atoms with Gasteiger partial charge in [-0.1, -0.05) is 29.8 Å². The van der Waals surface area contributed by atoms with Crippen LogP contribution in [0.4, 0.5) is 0 Å². The van der Waals surface area contributed by atoms with E-state index in [4.69, 9.17) is 11.6 Å². The number of hydrogen-bond acceptors (Lipinski definition) is 3. The average molecular weight is 341 g/mol. The number of carbonyl (C=O) groups excluding carboxylic acids is 1. The van der Waals surface area contributed by atoms with Crippen molar-refractivity contribution < 1.29 is 4.79 Å². The standard InChI is InChI=1S/C18H17ClN4O/c1-22(17(24)12-23-10-9-21-13-23)18(15-3-2-8-20-11-15)14-4-6-16(19)7-5-14/h2-11,13,18H,12H2,1H3/t18-/m1/s1. The first-order chi connectivity index (χ1) is 11.6. The summed E-state index contributed by atoms with van der Waals surface area (Å²) in [6.07, 6.45) is 8.56. The number of aromatic nitrogens is 3. The highest BCUT2D eigenvalue weighted by molar-refractivity contribution is 6.30. The molecule has 2 aromatic heterocycles. The van der Waals surface area contributed by atoms with E-state index in [2.05, 4.69) is 9.97 Å². The second kappa shape index (κ2) is 7.27. The fraction of sp³-hybridized carbons (Fsp3) is 0.167. The normalized spacial score (nSPS) is 11.9. The summed E-state index contributed by atoms with van der Waals surface area (Å²) in [5.74, 6) is -0.0168. The van der Waals surface area contributed by atoms with E-state index in [1.807, 2.05) is 36.4 Å². The molecule has 1 amide bonds. The predicted molar refractivity (Wildman–Crippen MR) is 92.5 cm³/mol. The molecule has 6 heteroatoms. The maximum atomic E-state index is 12.7. The Morgan fingerprint density at radius 3 is 2.58 bits per heavy atom. The maximum absolute atomic E-state index is 12.7. The van der Waals surface area contributed by atoms with Crippen LogP contribution in [-0.4, -0.2) is 32.4 Å². The lowest BCUT2D eigenvalue weighted by atomic mass is 9.99. The summed E-state index contributed by atoms with van der Waals surface area (Å²) in [5, 5.41) is 0.663. The monoisotopic (exact) mass is 340 g/mol. The minimum atomic E-state index is -0.230. The SMILES string of the molecule is CN(C(=O)Cn1ccnc1)[C@H](c1ccc(Cl)cc1)c1cccnc1. The minimum Gasteiger partial charge on any atom is -0.333 e. The van der Waals surface area contributed by atoms with Gasteiger partial charge in [-0.05, 0) is 29.3 Å². The first-order valence-corrected chi connectivity index (χ1v) is 7.90. The van der Waals surface area contributed by atoms with E-state index < -0.39 is 0 Å². The lowest BCUT2D eigenvalue weighted by Crippen LogP contribution is -2.34. The Labute approximate surface area is 145 Å². The van der Waals surface area contributed by atoms with Gasteiger partial charge in [0.15, 0.2) is 0 Å². The van der Waals surface area contributed by atoms with Gasteiger partial charge >= 0.3 is 0 Å². The topological polar surface area (TPSA) is 51.0 Å². The molecule has 24 heavy (non-hydrogen) atoms. The molecule has 0 aliphatic carbocycles. The highest BCUT2D eigenvalue weighted by Crippen LogP contribution is 2.28. The van der Waals surface area contributed by atoms with Crippen LogP contribution in [0.2, 0.25) is 5.02 Å². The molecule has 0 radical (unpaired) electrons. The lowest BCUT2D eigenvalue weighted by Gasteiger charge is -2.29. The van der Waals surface area contributed by atoms with Crippen molar-refractivity contribution in [1.29, 1.82) is 0 Å². The van der Waals surface area contributed by atoms with E-state index in [-0.39, 0.29) is 18.5 Å². The molecule has 0 unspecified atom stereocenters. The molecule has 0 bridgehead atoms. The van der Waals surface area contributed by atoms with Crippen molar-refractivity contribution in [3.8, 4) is 0 Å². The van der Waals surface area contributed by atoms with Gasteiger partial charge in [-0.3, -0.25) is 9.78 Å². The van der Waals surface area contributed by atoms with Gasteiger partial charge in [-0.25, -0.2) is 4.98 Å². The smallest absolute Gasteiger partial charge is 0.243 e. The molecule has 3 rings (SSSR count). The minimum absolute atomic E-state index is 0.0168. The van der Waals surface area contributed by atoms with E-state index in [0.717, 1.165) is 11.1 Å². The van der Waals surface area contributed by atoms with Crippen molar-refractivity contribution in [1.82, 2.24) is 19.4 Å². The Morgan fingerprint density at radius 1 is 1.17 bits per heavy atom. The van der Waals surface area contributed by atoms with E-state index in [1.165, 1.54) is 0 Å². The molecule has 2 heterocycles. The predicted octanol–water partition coefficient (Wildman–Crippen LogP) is 3.18. The van der Waals surface area contributed by atoms with Crippen LogP contribution in [0.1, 0.15) is 17.2 Å². The number of carbonyl (C=O) groups is 1. The maximum Gasteiger partial charge on any atom is 0.243 e. The Hall–Kier alpha value is -2.66. The van der Waals surface area contributed by atoms with Crippen LogP contribution < -0.4 is 0 Å². The van der Waals surface area contributed by atoms with Crippen molar-refractivity contribution in [2.45, 2.75) is 12.6 Å². The van der Waals surface area contributed by atoms with Crippen LogP contribution in [0.15, 0.2) is 67.5 Å². The molecule has 122 valence electrons. The van der Waals surface area contributed by atoms with Crippen LogP contribution in [0.3, 0.4) is 0 Å². The summed E-state index contributed by atoms with van der Waals surface area (Å²) < 4.78 is 1.75. The van der Waals surface area contributed by atoms with Crippen molar-refractivity contribution in [3.05, 3.63) is 83.7 Å². The molecule has 0 aliphatic rings. The highest BCUT2D eigenvalue weighted by Gasteiger charge is 2.23. The van der Waals surface area contributed by atoms with Crippen molar-refractivity contribution >= 4 is 17.5 Å². The van der Waals surface area contributed by atoms with Gasteiger partial charge in [0.1, 0.15) is 6.54 Å². The highest BCUT2D eigenvalue weighted by atomic mass is 35.5. The summed E-state index contributed by atoms with van der Waals surface area (Å²) in [5.41, 5.74) is 1.93. The molecule has 0 aliphatic heterocycles. The van der Waals surface area contributed by atoms with Crippen LogP contribution in [0, 0.1) is 0 Å². The second-order valence-electron chi connectivity index (χ2n) is 5.48. The molecule has 0 spiro atoms. The second-order valence-corrected chi connectivity index (χ2v) is 5.92. The molecular weight excluding hydrogens is 324 g/mol. The summed E-state index contributed by atoms with van der Waals surface area (Å²) >= 11 is 6.00. The zero-order valence-electron chi connectivity index (χ0n) is 13.2. The molecule has 0 N–H and O–H groups in total. The zero-order chi connectivity index (χ0) is 16.9. The van der Waals surface area contributed by atoms with Gasteiger partial charge in [0.2, 0.25) is 5.91 Å². The number of imidazole rings is 1. The molecular formula is C18H17ClN4O. The quantitative estimate of drug-likeness (QED) is 0.716. The number of halogens is 1. The number of pyridine rings is 1. The van der Waals surface area contributed by atoms with Gasteiger partial charge in [0.25, 0.3) is 0 Å². The Kier molecular flexibility index (Phi) is 4.91. The molecule has 1 atom stereocenters. The molecule has 0 saturated heterocycles. The zero-order valence-corrected chi connectivity index (χ0v) is 14.0. The number of likely N-dealkylation sites (N-methyl/N-ethyl adjacent to an activating group) is 1. The number of amides is 1. The van der Waals surface area contributed by atoms with E-state index in [0.29, 0.717) is 5.02 Å². The Balaban J connectivity index is 1.91. The number of hydrogen-bond donors (Lipinski definition) is 0. The van der Waals surface area contributed by atoms with Crippen LogP contribution in [0.5, 0.6) is 0 Å². The van der Waals surface area contributed by atoms with Crippen molar-refractivity contribution in [3.63, 3.8) is 0 Å². The summed E-state index contributed by atoms with van der Waals surface area (Å²) in [6.45, 7) is 0.237. The summed E-state index contributed by atoms with van der Waals surface area (Å²) in [6, 6.07) is 11.1. The third-order valence-electron chi connectivity index (χ3n) is 3.84. The first-order valence-electron chi connectivity index (χ1n) is 7.52. The van der Waals surface area contributed by atoms with Gasteiger partial charge in [-0.15, -0.1) is 0 Å². The third kappa shape index (κ3) is 3.63. The fourth-order valence-corrected chi connectivity index (χ4v) is 2.74. The van der Waals surface area contributed by atoms with Crippen LogP contribution in [-0.2, 0) is 11.3 Å². The Morgan fingerprint density at radius 2 is 1.96 bits per heavy atom. The number of nitrogens with zero attached hydrogens (tertiary/aromatic N) is 4. The van der Waals surface area contributed by atoms with E-state index in [1.54, 1.807) is 47.6 Å². The van der Waals surface area contributed by atoms with Gasteiger partial charge in [0, 0.05) is 36.9 Å². The summed E-state index contributed by atoms with van der Waals surface area (Å²) in [7, 11) is 1.80. The molecule has 0 fully saturated rings.